The summed E-state index contributed by atoms with van der Waals surface area (Å²) in [6.07, 6.45) is 0. The molecular formula is C35H25S2+. The summed E-state index contributed by atoms with van der Waals surface area (Å²) in [5.41, 5.74) is 7.45. The minimum absolute atomic E-state index is 1.24. The van der Waals surface area contributed by atoms with Crippen LogP contribution in [0.5, 0.6) is 0 Å². The molecule has 0 nitrogen and oxygen atoms in total. The summed E-state index contributed by atoms with van der Waals surface area (Å²) < 4.78 is 0. The lowest BCUT2D eigenvalue weighted by Crippen LogP contribution is -1.83. The fourth-order valence-corrected chi connectivity index (χ4v) is 6.53. The summed E-state index contributed by atoms with van der Waals surface area (Å²) in [7, 11) is 0. The topological polar surface area (TPSA) is 0 Å². The van der Waals surface area contributed by atoms with Crippen LogP contribution in [0.3, 0.4) is 0 Å². The lowest BCUT2D eigenvalue weighted by atomic mass is 10.0. The summed E-state index contributed by atoms with van der Waals surface area (Å²) in [5, 5.41) is 0. The van der Waals surface area contributed by atoms with Crippen molar-refractivity contribution in [3.8, 4) is 43.1 Å². The second-order valence-electron chi connectivity index (χ2n) is 8.82. The molecule has 0 atom stereocenters. The zero-order valence-corrected chi connectivity index (χ0v) is 21.9. The van der Waals surface area contributed by atoms with E-state index in [1.54, 1.807) is 0 Å². The molecule has 0 saturated heterocycles. The average molecular weight is 510 g/mol. The van der Waals surface area contributed by atoms with Crippen LogP contribution >= 0.6 is 23.1 Å². The van der Waals surface area contributed by atoms with Crippen LogP contribution in [-0.2, 0) is 0 Å². The average Bonchev–Trinajstić information content (AvgIpc) is 2.99. The Morgan fingerprint density at radius 2 is 0.676 bits per heavy atom. The standard InChI is InChI=1S/C35H25S2/c1-4-10-26(11-5-1)28-16-18-31(19-17-28)35-25-33(24-34(37-35)30-14-8-3-9-15-30)36-32-22-20-29(21-23-32)27-12-6-2-7-13-27/h1-25H/q+1. The molecule has 0 N–H and O–H groups in total. The highest BCUT2D eigenvalue weighted by Gasteiger charge is 2.19. The van der Waals surface area contributed by atoms with Crippen LogP contribution in [0.15, 0.2) is 161 Å². The Morgan fingerprint density at radius 1 is 0.324 bits per heavy atom. The molecule has 0 bridgehead atoms. The van der Waals surface area contributed by atoms with E-state index in [-0.39, 0.29) is 0 Å². The lowest BCUT2D eigenvalue weighted by Gasteiger charge is -2.06. The van der Waals surface area contributed by atoms with Crippen LogP contribution < -0.4 is 0 Å². The predicted molar refractivity (Wildman–Crippen MR) is 161 cm³/mol. The first-order chi connectivity index (χ1) is 18.3. The van der Waals surface area contributed by atoms with Crippen LogP contribution in [0.1, 0.15) is 0 Å². The van der Waals surface area contributed by atoms with Gasteiger partial charge in [-0.2, -0.15) is 0 Å². The van der Waals surface area contributed by atoms with E-state index in [0.29, 0.717) is 0 Å². The van der Waals surface area contributed by atoms with Gasteiger partial charge in [0, 0.05) is 33.1 Å². The van der Waals surface area contributed by atoms with Crippen LogP contribution in [0.25, 0.3) is 43.1 Å². The molecule has 0 aliphatic heterocycles. The van der Waals surface area contributed by atoms with Gasteiger partial charge >= 0.3 is 0 Å². The highest BCUT2D eigenvalue weighted by Crippen LogP contribution is 2.40. The first-order valence-electron chi connectivity index (χ1n) is 12.3. The van der Waals surface area contributed by atoms with E-state index in [2.05, 4.69) is 152 Å². The van der Waals surface area contributed by atoms with Gasteiger partial charge in [-0.05, 0) is 58.7 Å². The van der Waals surface area contributed by atoms with Crippen molar-refractivity contribution < 1.29 is 0 Å². The Bertz CT molecular complexity index is 1590. The van der Waals surface area contributed by atoms with Gasteiger partial charge in [0.2, 0.25) is 21.1 Å². The van der Waals surface area contributed by atoms with Gasteiger partial charge in [-0.1, -0.05) is 115 Å². The molecule has 0 saturated carbocycles. The van der Waals surface area contributed by atoms with Gasteiger partial charge in [0.15, 0.2) is 0 Å². The summed E-state index contributed by atoms with van der Waals surface area (Å²) >= 11 is 3.66. The summed E-state index contributed by atoms with van der Waals surface area (Å²) in [6.45, 7) is 0. The van der Waals surface area contributed by atoms with Gasteiger partial charge < -0.3 is 0 Å². The molecule has 0 fully saturated rings. The van der Waals surface area contributed by atoms with E-state index in [0.717, 1.165) is 0 Å². The molecule has 6 rings (SSSR count). The van der Waals surface area contributed by atoms with Crippen LogP contribution in [-0.4, -0.2) is 0 Å². The van der Waals surface area contributed by atoms with Crippen molar-refractivity contribution in [3.05, 3.63) is 152 Å². The molecule has 1 heterocycles. The van der Waals surface area contributed by atoms with E-state index in [4.69, 9.17) is 0 Å². The third-order valence-electron chi connectivity index (χ3n) is 6.30. The SMILES string of the molecule is c1ccc(-c2ccc(Sc3cc(-c4ccccc4)[s+]c(-c4ccc(-c5ccccc5)cc4)c3)cc2)cc1. The van der Waals surface area contributed by atoms with Crippen LogP contribution in [0.2, 0.25) is 0 Å². The smallest absolute Gasteiger partial charge is 0.0897 e. The third kappa shape index (κ3) is 5.56. The number of rotatable bonds is 6. The van der Waals surface area contributed by atoms with E-state index >= 15 is 0 Å². The zero-order chi connectivity index (χ0) is 24.9. The van der Waals surface area contributed by atoms with E-state index in [1.165, 1.54) is 52.9 Å². The Balaban J connectivity index is 1.34. The molecule has 37 heavy (non-hydrogen) atoms. The van der Waals surface area contributed by atoms with Crippen molar-refractivity contribution in [1.82, 2.24) is 0 Å². The van der Waals surface area contributed by atoms with E-state index < -0.39 is 0 Å². The Labute approximate surface area is 226 Å². The molecule has 0 aliphatic rings. The molecule has 0 amide bonds. The Kier molecular flexibility index (Phi) is 6.94. The zero-order valence-electron chi connectivity index (χ0n) is 20.3. The maximum atomic E-state index is 2.32. The van der Waals surface area contributed by atoms with Gasteiger partial charge in [-0.15, -0.1) is 0 Å². The highest BCUT2D eigenvalue weighted by atomic mass is 32.2. The lowest BCUT2D eigenvalue weighted by molar-refractivity contribution is 1.42. The molecule has 0 radical (unpaired) electrons. The second kappa shape index (κ2) is 11.0. The first kappa shape index (κ1) is 23.4. The second-order valence-corrected chi connectivity index (χ2v) is 11.1. The Morgan fingerprint density at radius 3 is 1.16 bits per heavy atom. The first-order valence-corrected chi connectivity index (χ1v) is 14.0. The monoisotopic (exact) mass is 509 g/mol. The minimum Gasteiger partial charge on any atom is -0.0897 e. The summed E-state index contributed by atoms with van der Waals surface area (Å²) in [5.74, 6) is 0. The molecule has 176 valence electrons. The van der Waals surface area contributed by atoms with Crippen molar-refractivity contribution in [2.45, 2.75) is 9.79 Å². The van der Waals surface area contributed by atoms with Crippen LogP contribution in [0.4, 0.5) is 0 Å². The minimum atomic E-state index is 1.24. The van der Waals surface area contributed by atoms with Crippen LogP contribution in [0, 0.1) is 0 Å². The van der Waals surface area contributed by atoms with Gasteiger partial charge in [0.25, 0.3) is 0 Å². The van der Waals surface area contributed by atoms with E-state index in [1.807, 2.05) is 23.1 Å². The van der Waals surface area contributed by atoms with Gasteiger partial charge in [-0.25, -0.2) is 0 Å². The molecule has 0 spiro atoms. The summed E-state index contributed by atoms with van der Waals surface area (Å²) in [6, 6.07) is 54.2. The molecule has 6 aromatic rings. The molecule has 5 aromatic carbocycles. The largest absolute Gasteiger partial charge is 0.239 e. The van der Waals surface area contributed by atoms with Gasteiger partial charge in [0.1, 0.15) is 0 Å². The number of hydrogen-bond donors (Lipinski definition) is 0. The van der Waals surface area contributed by atoms with E-state index in [9.17, 15) is 0 Å². The number of hydrogen-bond acceptors (Lipinski definition) is 1. The van der Waals surface area contributed by atoms with Crippen molar-refractivity contribution in [2.24, 2.45) is 0 Å². The maximum Gasteiger partial charge on any atom is 0.239 e. The van der Waals surface area contributed by atoms with Gasteiger partial charge in [0.05, 0.1) is 0 Å². The molecule has 1 aromatic heterocycles. The predicted octanol–water partition coefficient (Wildman–Crippen LogP) is 10.8. The molecular weight excluding hydrogens is 485 g/mol. The number of benzene rings is 5. The van der Waals surface area contributed by atoms with Gasteiger partial charge in [-0.3, -0.25) is 0 Å². The van der Waals surface area contributed by atoms with Crippen molar-refractivity contribution in [3.63, 3.8) is 0 Å². The normalized spacial score (nSPS) is 10.8. The quantitative estimate of drug-likeness (QED) is 0.201. The fourth-order valence-electron chi connectivity index (χ4n) is 4.36. The highest BCUT2D eigenvalue weighted by molar-refractivity contribution is 7.99. The van der Waals surface area contributed by atoms with Crippen molar-refractivity contribution in [2.75, 3.05) is 0 Å². The molecule has 0 unspecified atom stereocenters. The Hall–Kier alpha value is -3.98. The van der Waals surface area contributed by atoms with Crippen molar-refractivity contribution >= 4 is 23.1 Å². The van der Waals surface area contributed by atoms with Crippen molar-refractivity contribution in [1.29, 1.82) is 0 Å². The molecule has 0 aliphatic carbocycles. The third-order valence-corrected chi connectivity index (χ3v) is 8.42. The maximum absolute atomic E-state index is 2.32. The summed E-state index contributed by atoms with van der Waals surface area (Å²) in [4.78, 5) is 5.02. The fraction of sp³-hybridized carbons (Fsp3) is 0. The molecule has 2 heteroatoms.